The Morgan fingerprint density at radius 3 is 2.79 bits per heavy atom. The molecule has 1 aliphatic carbocycles. The highest BCUT2D eigenvalue weighted by Gasteiger charge is 2.26. The Kier molecular flexibility index (Phi) is 6.17. The van der Waals surface area contributed by atoms with Crippen molar-refractivity contribution in [3.05, 3.63) is 41.4 Å². The lowest BCUT2D eigenvalue weighted by Crippen LogP contribution is -2.40. The van der Waals surface area contributed by atoms with Crippen LogP contribution < -0.4 is 5.32 Å². The van der Waals surface area contributed by atoms with Crippen molar-refractivity contribution in [3.8, 4) is 10.6 Å². The number of aromatic nitrogens is 2. The predicted octanol–water partition coefficient (Wildman–Crippen LogP) is 4.52. The molecule has 1 saturated heterocycles. The topological polar surface area (TPSA) is 58.1 Å². The Bertz CT molecular complexity index is 839. The number of nitrogens with zero attached hydrogens (tertiary/aromatic N) is 3. The highest BCUT2D eigenvalue weighted by Crippen LogP contribution is 2.27. The van der Waals surface area contributed by atoms with E-state index in [1.807, 2.05) is 31.2 Å². The van der Waals surface area contributed by atoms with Crippen molar-refractivity contribution < 1.29 is 4.79 Å². The molecular weight excluding hydrogens is 368 g/mol. The van der Waals surface area contributed by atoms with Gasteiger partial charge in [-0.3, -0.25) is 4.79 Å². The Morgan fingerprint density at radius 1 is 1.21 bits per heavy atom. The van der Waals surface area contributed by atoms with E-state index in [1.165, 1.54) is 25.8 Å². The van der Waals surface area contributed by atoms with Gasteiger partial charge in [0.1, 0.15) is 10.0 Å². The number of piperidine rings is 1. The van der Waals surface area contributed by atoms with Crippen LogP contribution in [0.4, 0.5) is 5.69 Å². The number of hydrogen-bond donors (Lipinski definition) is 1. The smallest absolute Gasteiger partial charge is 0.227 e. The molecule has 6 heteroatoms. The van der Waals surface area contributed by atoms with E-state index in [4.69, 9.17) is 0 Å². The minimum atomic E-state index is 0.106. The van der Waals surface area contributed by atoms with Crippen LogP contribution in [0.2, 0.25) is 0 Å². The highest BCUT2D eigenvalue weighted by molar-refractivity contribution is 7.14. The normalized spacial score (nSPS) is 21.0. The Labute approximate surface area is 170 Å². The monoisotopic (exact) mass is 396 g/mol. The molecule has 1 aliphatic heterocycles. The number of aryl methyl sites for hydroxylation is 1. The average molecular weight is 397 g/mol. The van der Waals surface area contributed by atoms with Gasteiger partial charge in [0.05, 0.1) is 0 Å². The maximum Gasteiger partial charge on any atom is 0.227 e. The van der Waals surface area contributed by atoms with Crippen LogP contribution in [0.3, 0.4) is 0 Å². The molecular formula is C22H28N4OS. The molecule has 0 radical (unpaired) electrons. The first kappa shape index (κ1) is 19.3. The molecule has 2 aliphatic rings. The van der Waals surface area contributed by atoms with Crippen molar-refractivity contribution in [2.24, 2.45) is 11.8 Å². The second-order valence-corrected chi connectivity index (χ2v) is 9.10. The van der Waals surface area contributed by atoms with Crippen LogP contribution in [0.15, 0.2) is 36.4 Å². The molecule has 1 atom stereocenters. The highest BCUT2D eigenvalue weighted by atomic mass is 32.1. The van der Waals surface area contributed by atoms with Gasteiger partial charge in [0.2, 0.25) is 5.91 Å². The molecule has 5 nitrogen and oxygen atoms in total. The van der Waals surface area contributed by atoms with Crippen molar-refractivity contribution >= 4 is 22.9 Å². The molecule has 0 unspecified atom stereocenters. The number of hydrogen-bond acceptors (Lipinski definition) is 5. The molecule has 1 aromatic carbocycles. The molecule has 2 heterocycles. The zero-order valence-corrected chi connectivity index (χ0v) is 17.3. The lowest BCUT2D eigenvalue weighted by atomic mass is 9.91. The lowest BCUT2D eigenvalue weighted by Gasteiger charge is -2.34. The van der Waals surface area contributed by atoms with Gasteiger partial charge in [-0.2, -0.15) is 0 Å². The molecule has 1 fully saturated rings. The van der Waals surface area contributed by atoms with E-state index in [1.54, 1.807) is 11.3 Å². The number of carbonyl (C=O) groups is 1. The largest absolute Gasteiger partial charge is 0.326 e. The SMILES string of the molecule is Cc1nnc(-c2cccc(NC(=O)C3CCN(C[C@H]4CC=CCC4)CC3)c2)s1. The summed E-state index contributed by atoms with van der Waals surface area (Å²) >= 11 is 1.57. The summed E-state index contributed by atoms with van der Waals surface area (Å²) in [5, 5.41) is 13.2. The molecule has 2 aromatic rings. The number of carbonyl (C=O) groups excluding carboxylic acids is 1. The lowest BCUT2D eigenvalue weighted by molar-refractivity contribution is -0.121. The average Bonchev–Trinajstić information content (AvgIpc) is 3.16. The predicted molar refractivity (Wildman–Crippen MR) is 114 cm³/mol. The molecule has 0 spiro atoms. The van der Waals surface area contributed by atoms with Gasteiger partial charge in [0.15, 0.2) is 0 Å². The van der Waals surface area contributed by atoms with Gasteiger partial charge in [0.25, 0.3) is 0 Å². The van der Waals surface area contributed by atoms with Gasteiger partial charge in [-0.15, -0.1) is 10.2 Å². The maximum atomic E-state index is 12.8. The van der Waals surface area contributed by atoms with E-state index in [2.05, 4.69) is 32.6 Å². The van der Waals surface area contributed by atoms with E-state index in [9.17, 15) is 4.79 Å². The quantitative estimate of drug-likeness (QED) is 0.755. The molecule has 28 heavy (non-hydrogen) atoms. The van der Waals surface area contributed by atoms with E-state index in [0.29, 0.717) is 0 Å². The number of anilines is 1. The van der Waals surface area contributed by atoms with E-state index >= 15 is 0 Å². The van der Waals surface area contributed by atoms with Crippen LogP contribution in [0.1, 0.15) is 37.1 Å². The number of benzene rings is 1. The van der Waals surface area contributed by atoms with Gasteiger partial charge >= 0.3 is 0 Å². The van der Waals surface area contributed by atoms with Crippen LogP contribution in [0.5, 0.6) is 0 Å². The molecule has 4 rings (SSSR count). The van der Waals surface area contributed by atoms with Crippen LogP contribution >= 0.6 is 11.3 Å². The Balaban J connectivity index is 1.29. The first-order valence-electron chi connectivity index (χ1n) is 10.3. The van der Waals surface area contributed by atoms with E-state index < -0.39 is 0 Å². The first-order valence-corrected chi connectivity index (χ1v) is 11.1. The first-order chi connectivity index (χ1) is 13.7. The number of rotatable bonds is 5. The summed E-state index contributed by atoms with van der Waals surface area (Å²) in [4.78, 5) is 15.3. The van der Waals surface area contributed by atoms with Crippen molar-refractivity contribution in [1.82, 2.24) is 15.1 Å². The maximum absolute atomic E-state index is 12.8. The second kappa shape index (κ2) is 8.97. The Hall–Kier alpha value is -2.05. The minimum Gasteiger partial charge on any atom is -0.326 e. The summed E-state index contributed by atoms with van der Waals surface area (Å²) in [6.45, 7) is 5.19. The summed E-state index contributed by atoms with van der Waals surface area (Å²) in [6, 6.07) is 7.90. The molecule has 1 N–H and O–H groups in total. The van der Waals surface area contributed by atoms with Crippen LogP contribution in [-0.2, 0) is 4.79 Å². The molecule has 1 aromatic heterocycles. The zero-order chi connectivity index (χ0) is 19.3. The third-order valence-electron chi connectivity index (χ3n) is 5.76. The third kappa shape index (κ3) is 4.86. The third-order valence-corrected chi connectivity index (χ3v) is 6.64. The van der Waals surface area contributed by atoms with Gasteiger partial charge in [-0.1, -0.05) is 35.6 Å². The summed E-state index contributed by atoms with van der Waals surface area (Å²) < 4.78 is 0. The van der Waals surface area contributed by atoms with E-state index in [-0.39, 0.29) is 11.8 Å². The van der Waals surface area contributed by atoms with Gasteiger partial charge < -0.3 is 10.2 Å². The zero-order valence-electron chi connectivity index (χ0n) is 16.4. The van der Waals surface area contributed by atoms with Crippen LogP contribution in [-0.4, -0.2) is 40.6 Å². The summed E-state index contributed by atoms with van der Waals surface area (Å²) in [6.07, 6.45) is 10.3. The van der Waals surface area contributed by atoms with Crippen LogP contribution in [0.25, 0.3) is 10.6 Å². The van der Waals surface area contributed by atoms with Crippen molar-refractivity contribution in [2.45, 2.75) is 39.0 Å². The molecule has 0 saturated carbocycles. The fourth-order valence-corrected chi connectivity index (χ4v) is 4.84. The summed E-state index contributed by atoms with van der Waals surface area (Å²) in [5.41, 5.74) is 1.84. The molecule has 1 amide bonds. The second-order valence-electron chi connectivity index (χ2n) is 7.92. The van der Waals surface area contributed by atoms with Crippen molar-refractivity contribution in [2.75, 3.05) is 25.0 Å². The van der Waals surface area contributed by atoms with Gasteiger partial charge in [0, 0.05) is 23.7 Å². The van der Waals surface area contributed by atoms with Gasteiger partial charge in [-0.05, 0) is 70.2 Å². The molecule has 148 valence electrons. The number of likely N-dealkylation sites (tertiary alicyclic amines) is 1. The van der Waals surface area contributed by atoms with E-state index in [0.717, 1.165) is 53.1 Å². The number of amides is 1. The molecule has 0 bridgehead atoms. The fraction of sp³-hybridized carbons (Fsp3) is 0.500. The Morgan fingerprint density at radius 2 is 2.07 bits per heavy atom. The van der Waals surface area contributed by atoms with Crippen molar-refractivity contribution in [3.63, 3.8) is 0 Å². The van der Waals surface area contributed by atoms with Gasteiger partial charge in [-0.25, -0.2) is 0 Å². The summed E-state index contributed by atoms with van der Waals surface area (Å²) in [5.74, 6) is 1.04. The number of allylic oxidation sites excluding steroid dienone is 2. The fourth-order valence-electron chi connectivity index (χ4n) is 4.15. The van der Waals surface area contributed by atoms with Crippen LogP contribution in [0, 0.1) is 18.8 Å². The minimum absolute atomic E-state index is 0.106. The summed E-state index contributed by atoms with van der Waals surface area (Å²) in [7, 11) is 0. The standard InChI is InChI=1S/C22H28N4OS/c1-16-24-25-22(28-16)19-8-5-9-20(14-19)23-21(27)18-10-12-26(13-11-18)15-17-6-3-2-4-7-17/h2-3,5,8-9,14,17-18H,4,6-7,10-13,15H2,1H3,(H,23,27)/t17-/m0/s1. The number of nitrogens with one attached hydrogen (secondary N) is 1. The van der Waals surface area contributed by atoms with Crippen molar-refractivity contribution in [1.29, 1.82) is 0 Å².